The van der Waals surface area contributed by atoms with E-state index in [-0.39, 0.29) is 18.4 Å². The predicted octanol–water partition coefficient (Wildman–Crippen LogP) is 3.28. The minimum Gasteiger partial charge on any atom is -0.354 e. The summed E-state index contributed by atoms with van der Waals surface area (Å²) < 4.78 is 12.8. The summed E-state index contributed by atoms with van der Waals surface area (Å²) in [4.78, 5) is 27.2. The van der Waals surface area contributed by atoms with Gasteiger partial charge in [-0.05, 0) is 37.2 Å². The van der Waals surface area contributed by atoms with Crippen LogP contribution in [-0.2, 0) is 25.8 Å². The number of carbonyl (C=O) groups is 2. The monoisotopic (exact) mass is 451 g/mol. The normalized spacial score (nSPS) is 22.9. The van der Waals surface area contributed by atoms with Gasteiger partial charge >= 0.3 is 0 Å². The van der Waals surface area contributed by atoms with Gasteiger partial charge in [-0.3, -0.25) is 19.3 Å². The van der Waals surface area contributed by atoms with Gasteiger partial charge in [0.1, 0.15) is 0 Å². The highest BCUT2D eigenvalue weighted by Crippen LogP contribution is 2.43. The van der Waals surface area contributed by atoms with Crippen LogP contribution in [0.15, 0.2) is 30.3 Å². The highest BCUT2D eigenvalue weighted by molar-refractivity contribution is 8.45. The number of rotatable bonds is 8. The van der Waals surface area contributed by atoms with Crippen LogP contribution in [0.1, 0.15) is 56.9 Å². The molecule has 3 unspecified atom stereocenters. The van der Waals surface area contributed by atoms with Crippen LogP contribution in [0.4, 0.5) is 0 Å². The summed E-state index contributed by atoms with van der Waals surface area (Å²) in [5.74, 6) is 0.735. The summed E-state index contributed by atoms with van der Waals surface area (Å²) in [5, 5.41) is 3.02. The van der Waals surface area contributed by atoms with Gasteiger partial charge in [-0.15, -0.1) is 0 Å². The Labute approximate surface area is 183 Å². The number of amides is 2. The Morgan fingerprint density at radius 3 is 2.53 bits per heavy atom. The topological polar surface area (TPSA) is 92.5 Å². The lowest BCUT2D eigenvalue weighted by atomic mass is 9.89. The Morgan fingerprint density at radius 1 is 1.10 bits per heavy atom. The fraction of sp³-hybridized carbons (Fsp3) is 0.636. The first-order valence-electron chi connectivity index (χ1n) is 11.1. The molecule has 0 radical (unpaired) electrons. The first kappa shape index (κ1) is 23.4. The van der Waals surface area contributed by atoms with Crippen LogP contribution in [-0.4, -0.2) is 46.2 Å². The van der Waals surface area contributed by atoms with Crippen molar-refractivity contribution in [2.75, 3.05) is 19.6 Å². The van der Waals surface area contributed by atoms with E-state index in [2.05, 4.69) is 5.32 Å². The fourth-order valence-corrected chi connectivity index (χ4v) is 8.35. The molecule has 3 rings (SSSR count). The highest BCUT2D eigenvalue weighted by Gasteiger charge is 2.35. The van der Waals surface area contributed by atoms with Crippen molar-refractivity contribution in [2.45, 2.75) is 62.8 Å². The Balaban J connectivity index is 1.53. The minimum absolute atomic E-state index is 0.0799. The molecular formula is C22H34N3O3PS. The summed E-state index contributed by atoms with van der Waals surface area (Å²) in [6.45, 7) is 1.35. The molecule has 0 spiro atoms. The van der Waals surface area contributed by atoms with Crippen molar-refractivity contribution in [3.8, 4) is 0 Å². The number of hydrogen-bond donors (Lipinski definition) is 2. The third-order valence-corrected chi connectivity index (χ3v) is 10.8. The van der Waals surface area contributed by atoms with E-state index in [1.54, 1.807) is 4.90 Å². The van der Waals surface area contributed by atoms with Crippen molar-refractivity contribution in [1.82, 2.24) is 10.2 Å². The van der Waals surface area contributed by atoms with Crippen LogP contribution < -0.4 is 10.8 Å². The van der Waals surface area contributed by atoms with Gasteiger partial charge in [0.25, 0.3) is 0 Å². The lowest BCUT2D eigenvalue weighted by molar-refractivity contribution is -0.135. The summed E-state index contributed by atoms with van der Waals surface area (Å²) in [6, 6.07) is 9.60. The zero-order chi connectivity index (χ0) is 21.3. The quantitative estimate of drug-likeness (QED) is 0.593. The first-order valence-corrected chi connectivity index (χ1v) is 14.5. The van der Waals surface area contributed by atoms with Crippen molar-refractivity contribution in [3.05, 3.63) is 35.9 Å². The Morgan fingerprint density at radius 2 is 1.80 bits per heavy atom. The van der Waals surface area contributed by atoms with Gasteiger partial charge in [0.2, 0.25) is 11.8 Å². The molecular weight excluding hydrogens is 417 g/mol. The van der Waals surface area contributed by atoms with Gasteiger partial charge in [-0.1, -0.05) is 56.0 Å². The molecule has 1 saturated carbocycles. The van der Waals surface area contributed by atoms with E-state index >= 15 is 0 Å². The lowest BCUT2D eigenvalue weighted by Crippen LogP contribution is -2.45. The zero-order valence-electron chi connectivity index (χ0n) is 17.6. The smallest absolute Gasteiger partial charge is 0.239 e. The molecule has 2 fully saturated rings. The molecule has 1 heterocycles. The van der Waals surface area contributed by atoms with Crippen molar-refractivity contribution >= 4 is 29.5 Å². The maximum Gasteiger partial charge on any atom is 0.239 e. The molecule has 166 valence electrons. The number of hydrogen-bond acceptors (Lipinski definition) is 4. The molecule has 1 aromatic carbocycles. The number of nitrogens with one attached hydrogen (secondary N) is 1. The van der Waals surface area contributed by atoms with Crippen LogP contribution in [0.25, 0.3) is 0 Å². The third-order valence-electron chi connectivity index (χ3n) is 6.07. The molecule has 1 aliphatic heterocycles. The molecule has 0 aromatic heterocycles. The van der Waals surface area contributed by atoms with Crippen LogP contribution >= 0.6 is 7.27 Å². The molecule has 6 nitrogen and oxygen atoms in total. The van der Waals surface area contributed by atoms with Gasteiger partial charge in [0.05, 0.1) is 35.7 Å². The van der Waals surface area contributed by atoms with Gasteiger partial charge in [-0.25, -0.2) is 0 Å². The van der Waals surface area contributed by atoms with E-state index in [0.29, 0.717) is 31.2 Å². The van der Waals surface area contributed by atoms with E-state index in [1.165, 1.54) is 32.1 Å². The van der Waals surface area contributed by atoms with E-state index in [1.807, 2.05) is 30.3 Å². The fourth-order valence-electron chi connectivity index (χ4n) is 4.29. The van der Waals surface area contributed by atoms with Gasteiger partial charge in [0.15, 0.2) is 0 Å². The third kappa shape index (κ3) is 6.86. The molecule has 2 amide bonds. The average molecular weight is 452 g/mol. The summed E-state index contributed by atoms with van der Waals surface area (Å²) >= 11 is 0. The van der Waals surface area contributed by atoms with Gasteiger partial charge in [0, 0.05) is 13.1 Å². The van der Waals surface area contributed by atoms with Crippen molar-refractivity contribution < 1.29 is 13.8 Å². The van der Waals surface area contributed by atoms with Crippen LogP contribution in [0, 0.1) is 5.92 Å². The second kappa shape index (κ2) is 11.9. The van der Waals surface area contributed by atoms with Gasteiger partial charge in [-0.2, -0.15) is 0 Å². The number of likely N-dealkylation sites (tertiary alicyclic amines) is 1. The van der Waals surface area contributed by atoms with Crippen LogP contribution in [0.5, 0.6) is 0 Å². The molecule has 30 heavy (non-hydrogen) atoms. The second-order valence-electron chi connectivity index (χ2n) is 8.39. The first-order chi connectivity index (χ1) is 14.5. The molecule has 8 heteroatoms. The van der Waals surface area contributed by atoms with Crippen molar-refractivity contribution in [1.29, 1.82) is 0 Å². The molecule has 2 aliphatic rings. The van der Waals surface area contributed by atoms with Gasteiger partial charge < -0.3 is 10.2 Å². The van der Waals surface area contributed by atoms with E-state index in [4.69, 9.17) is 5.50 Å². The number of nitrogens with two attached hydrogens (primary N) is 1. The summed E-state index contributed by atoms with van der Waals surface area (Å²) in [5.41, 5.74) is 6.90. The standard InChI is InChI=1S/C22H34N3O3PS/c23-29(30(28)17-19-11-5-2-6-12-19)20-13-7-8-14-25(22(20)27)16-21(26)24-15-18-9-3-1-4-10-18/h2,5-6,11-12,18,20H,1,3-4,7-10,13-17,23H2,(H,24,26). The zero-order valence-corrected chi connectivity index (χ0v) is 19.3. The van der Waals surface area contributed by atoms with Crippen molar-refractivity contribution in [2.24, 2.45) is 11.4 Å². The summed E-state index contributed by atoms with van der Waals surface area (Å²) in [6.07, 6.45) is 8.51. The number of benzene rings is 1. The van der Waals surface area contributed by atoms with Crippen LogP contribution in [0.3, 0.4) is 0 Å². The largest absolute Gasteiger partial charge is 0.354 e. The van der Waals surface area contributed by atoms with E-state index < -0.39 is 23.4 Å². The van der Waals surface area contributed by atoms with E-state index in [9.17, 15) is 13.8 Å². The number of nitrogens with zero attached hydrogens (tertiary/aromatic N) is 1. The average Bonchev–Trinajstić information content (AvgIpc) is 2.94. The van der Waals surface area contributed by atoms with Crippen LogP contribution in [0.2, 0.25) is 0 Å². The predicted molar refractivity (Wildman–Crippen MR) is 123 cm³/mol. The Bertz CT molecular complexity index is 728. The maximum atomic E-state index is 13.1. The molecule has 1 aliphatic carbocycles. The Kier molecular flexibility index (Phi) is 9.28. The van der Waals surface area contributed by atoms with E-state index in [0.717, 1.165) is 18.4 Å². The summed E-state index contributed by atoms with van der Waals surface area (Å²) in [7, 11) is -2.74. The maximum absolute atomic E-state index is 13.1. The van der Waals surface area contributed by atoms with Crippen molar-refractivity contribution in [3.63, 3.8) is 0 Å². The second-order valence-corrected chi connectivity index (χ2v) is 13.2. The SMILES string of the molecule is NP(C1CCCCN(CC(=O)NCC2CCCCC2)C1=O)S(=O)Cc1ccccc1. The minimum atomic E-state index is -1.46. The number of carbonyl (C=O) groups excluding carboxylic acids is 2. The molecule has 3 N–H and O–H groups in total. The molecule has 1 aromatic rings. The lowest BCUT2D eigenvalue weighted by Gasteiger charge is -2.27. The highest BCUT2D eigenvalue weighted by atomic mass is 32.7. The molecule has 0 bridgehead atoms. The Hall–Kier alpha value is -1.30. The molecule has 1 saturated heterocycles. The molecule has 3 atom stereocenters.